The molecular formula is C24H29N3O3. The van der Waals surface area contributed by atoms with Crippen LogP contribution >= 0.6 is 0 Å². The van der Waals surface area contributed by atoms with Crippen LogP contribution in [0.25, 0.3) is 22.8 Å². The largest absolute Gasteiger partial charge is 0.507 e. The van der Waals surface area contributed by atoms with E-state index in [0.717, 1.165) is 30.1 Å². The molecule has 1 N–H and O–H groups in total. The first-order chi connectivity index (χ1) is 14.6. The van der Waals surface area contributed by atoms with Gasteiger partial charge in [0.15, 0.2) is 11.6 Å². The molecule has 0 saturated heterocycles. The zero-order valence-corrected chi connectivity index (χ0v) is 17.8. The second kappa shape index (κ2) is 10.6. The van der Waals surface area contributed by atoms with Gasteiger partial charge in [-0.2, -0.15) is 0 Å². The number of hydrogen-bond donors (Lipinski definition) is 1. The van der Waals surface area contributed by atoms with Crippen molar-refractivity contribution >= 4 is 0 Å². The number of ether oxygens (including phenoxy) is 2. The van der Waals surface area contributed by atoms with Gasteiger partial charge in [0, 0.05) is 11.6 Å². The van der Waals surface area contributed by atoms with E-state index in [0.29, 0.717) is 29.6 Å². The van der Waals surface area contributed by atoms with E-state index in [-0.39, 0.29) is 5.75 Å². The highest BCUT2D eigenvalue weighted by Crippen LogP contribution is 2.31. The fourth-order valence-electron chi connectivity index (χ4n) is 3.35. The second-order valence-electron chi connectivity index (χ2n) is 7.21. The van der Waals surface area contributed by atoms with Gasteiger partial charge in [-0.3, -0.25) is 0 Å². The third-order valence-electron chi connectivity index (χ3n) is 5.31. The lowest BCUT2D eigenvalue weighted by atomic mass is 9.98. The van der Waals surface area contributed by atoms with Gasteiger partial charge in [-0.15, -0.1) is 0 Å². The van der Waals surface area contributed by atoms with E-state index in [4.69, 9.17) is 9.47 Å². The maximum Gasteiger partial charge on any atom is 0.167 e. The van der Waals surface area contributed by atoms with E-state index in [9.17, 15) is 5.11 Å². The molecule has 6 heteroatoms. The first kappa shape index (κ1) is 21.6. The number of aromatic nitrogens is 3. The topological polar surface area (TPSA) is 77.4 Å². The quantitative estimate of drug-likeness (QED) is 0.446. The van der Waals surface area contributed by atoms with Gasteiger partial charge in [-0.1, -0.05) is 26.7 Å². The highest BCUT2D eigenvalue weighted by Gasteiger charge is 2.12. The molecule has 0 spiro atoms. The van der Waals surface area contributed by atoms with Gasteiger partial charge in [-0.05, 0) is 55.2 Å². The van der Waals surface area contributed by atoms with Gasteiger partial charge in [0.1, 0.15) is 23.6 Å². The summed E-state index contributed by atoms with van der Waals surface area (Å²) in [5.41, 5.74) is 1.38. The van der Waals surface area contributed by atoms with Crippen LogP contribution in [0.5, 0.6) is 17.2 Å². The molecule has 0 atom stereocenters. The predicted molar refractivity (Wildman–Crippen MR) is 118 cm³/mol. The van der Waals surface area contributed by atoms with Crippen molar-refractivity contribution < 1.29 is 14.6 Å². The molecule has 3 aromatic rings. The van der Waals surface area contributed by atoms with Crippen LogP contribution in [0.1, 0.15) is 39.5 Å². The van der Waals surface area contributed by atoms with Crippen LogP contribution < -0.4 is 9.47 Å². The summed E-state index contributed by atoms with van der Waals surface area (Å²) in [5.74, 6) is 3.19. The molecule has 0 bridgehead atoms. The van der Waals surface area contributed by atoms with E-state index in [2.05, 4.69) is 28.8 Å². The van der Waals surface area contributed by atoms with Crippen LogP contribution in [0.3, 0.4) is 0 Å². The number of phenols is 1. The van der Waals surface area contributed by atoms with E-state index in [1.807, 2.05) is 30.3 Å². The van der Waals surface area contributed by atoms with Crippen molar-refractivity contribution in [3.63, 3.8) is 0 Å². The lowest BCUT2D eigenvalue weighted by Crippen LogP contribution is -2.03. The summed E-state index contributed by atoms with van der Waals surface area (Å²) in [7, 11) is 1.62. The molecule has 0 radical (unpaired) electrons. The molecule has 0 aliphatic carbocycles. The lowest BCUT2D eigenvalue weighted by Gasteiger charge is -2.13. The van der Waals surface area contributed by atoms with Crippen molar-refractivity contribution in [2.45, 2.75) is 39.5 Å². The van der Waals surface area contributed by atoms with Crippen molar-refractivity contribution in [2.24, 2.45) is 5.92 Å². The molecule has 0 fully saturated rings. The molecule has 0 unspecified atom stereocenters. The third kappa shape index (κ3) is 5.47. The molecule has 0 aliphatic rings. The van der Waals surface area contributed by atoms with Crippen LogP contribution in [0.4, 0.5) is 0 Å². The number of hydrogen-bond acceptors (Lipinski definition) is 6. The average molecular weight is 408 g/mol. The minimum atomic E-state index is 0.0828. The van der Waals surface area contributed by atoms with Crippen LogP contribution in [-0.4, -0.2) is 33.8 Å². The number of aromatic hydroxyl groups is 1. The monoisotopic (exact) mass is 407 g/mol. The smallest absolute Gasteiger partial charge is 0.167 e. The van der Waals surface area contributed by atoms with Crippen molar-refractivity contribution in [3.05, 3.63) is 48.8 Å². The summed E-state index contributed by atoms with van der Waals surface area (Å²) < 4.78 is 11.0. The molecule has 3 rings (SSSR count). The maximum absolute atomic E-state index is 10.5. The normalized spacial score (nSPS) is 10.9. The Bertz CT molecular complexity index is 941. The van der Waals surface area contributed by atoms with Crippen LogP contribution in [0, 0.1) is 5.92 Å². The van der Waals surface area contributed by atoms with Gasteiger partial charge in [0.25, 0.3) is 0 Å². The Kier molecular flexibility index (Phi) is 7.60. The maximum atomic E-state index is 10.5. The van der Waals surface area contributed by atoms with Crippen molar-refractivity contribution in [1.82, 2.24) is 15.0 Å². The number of benzene rings is 2. The predicted octanol–water partition coefficient (Wildman–Crippen LogP) is 5.52. The van der Waals surface area contributed by atoms with Crippen LogP contribution in [-0.2, 0) is 0 Å². The van der Waals surface area contributed by atoms with Crippen LogP contribution in [0.2, 0.25) is 0 Å². The lowest BCUT2D eigenvalue weighted by molar-refractivity contribution is 0.287. The van der Waals surface area contributed by atoms with E-state index < -0.39 is 0 Å². The molecule has 1 heterocycles. The van der Waals surface area contributed by atoms with E-state index in [1.54, 1.807) is 19.2 Å². The molecular weight excluding hydrogens is 378 g/mol. The SMILES string of the molecule is CCC(CC)CCCOc1ccc(-c2ncnc(-c3ccc(OC)cc3)n2)c(O)c1. The summed E-state index contributed by atoms with van der Waals surface area (Å²) in [6, 6.07) is 12.7. The molecule has 2 aromatic carbocycles. The minimum Gasteiger partial charge on any atom is -0.507 e. The summed E-state index contributed by atoms with van der Waals surface area (Å²) in [6.07, 6.45) is 6.03. The summed E-state index contributed by atoms with van der Waals surface area (Å²) in [4.78, 5) is 13.0. The number of rotatable bonds is 10. The summed E-state index contributed by atoms with van der Waals surface area (Å²) in [6.45, 7) is 5.10. The Morgan fingerprint density at radius 3 is 2.30 bits per heavy atom. The zero-order valence-electron chi connectivity index (χ0n) is 17.8. The first-order valence-corrected chi connectivity index (χ1v) is 10.4. The molecule has 0 amide bonds. The van der Waals surface area contributed by atoms with Crippen molar-refractivity contribution in [3.8, 4) is 40.0 Å². The molecule has 30 heavy (non-hydrogen) atoms. The molecule has 0 aliphatic heterocycles. The Morgan fingerprint density at radius 1 is 0.933 bits per heavy atom. The summed E-state index contributed by atoms with van der Waals surface area (Å²) >= 11 is 0. The minimum absolute atomic E-state index is 0.0828. The Morgan fingerprint density at radius 2 is 1.63 bits per heavy atom. The Hall–Kier alpha value is -3.15. The van der Waals surface area contributed by atoms with Crippen LogP contribution in [0.15, 0.2) is 48.8 Å². The van der Waals surface area contributed by atoms with Gasteiger partial charge in [0.05, 0.1) is 19.3 Å². The second-order valence-corrected chi connectivity index (χ2v) is 7.21. The van der Waals surface area contributed by atoms with E-state index >= 15 is 0 Å². The molecule has 158 valence electrons. The third-order valence-corrected chi connectivity index (χ3v) is 5.31. The standard InChI is InChI=1S/C24H29N3O3/c1-4-17(5-2)7-6-14-30-20-12-13-21(22(28)15-20)24-26-16-25-23(27-24)18-8-10-19(29-3)11-9-18/h8-13,15-17,28H,4-7,14H2,1-3H3. The zero-order chi connectivity index (χ0) is 21.3. The van der Waals surface area contributed by atoms with Gasteiger partial charge in [-0.25, -0.2) is 15.0 Å². The van der Waals surface area contributed by atoms with E-state index in [1.165, 1.54) is 19.2 Å². The highest BCUT2D eigenvalue weighted by atomic mass is 16.5. The fraction of sp³-hybridized carbons (Fsp3) is 0.375. The number of phenolic OH excluding ortho intramolecular Hbond substituents is 1. The Balaban J connectivity index is 1.69. The molecule has 6 nitrogen and oxygen atoms in total. The molecule has 0 saturated carbocycles. The Labute approximate surface area is 178 Å². The van der Waals surface area contributed by atoms with Gasteiger partial charge >= 0.3 is 0 Å². The van der Waals surface area contributed by atoms with Gasteiger partial charge in [0.2, 0.25) is 0 Å². The van der Waals surface area contributed by atoms with Gasteiger partial charge < -0.3 is 14.6 Å². The number of nitrogens with zero attached hydrogens (tertiary/aromatic N) is 3. The van der Waals surface area contributed by atoms with Crippen molar-refractivity contribution in [2.75, 3.05) is 13.7 Å². The first-order valence-electron chi connectivity index (χ1n) is 10.4. The summed E-state index contributed by atoms with van der Waals surface area (Å²) in [5, 5.41) is 10.5. The van der Waals surface area contributed by atoms with Crippen molar-refractivity contribution in [1.29, 1.82) is 0 Å². The highest BCUT2D eigenvalue weighted by molar-refractivity contribution is 5.67. The fourth-order valence-corrected chi connectivity index (χ4v) is 3.35. The average Bonchev–Trinajstić information content (AvgIpc) is 2.79. The number of methoxy groups -OCH3 is 1. The molecule has 1 aromatic heterocycles.